The first kappa shape index (κ1) is 46.5. The van der Waals surface area contributed by atoms with E-state index in [1.807, 2.05) is 25.1 Å². The molecule has 2 aliphatic rings. The highest BCUT2D eigenvalue weighted by atomic mass is 16.6. The van der Waals surface area contributed by atoms with Crippen molar-refractivity contribution >= 4 is 41.5 Å². The number of nitrogens with zero attached hydrogens (tertiary/aromatic N) is 2. The minimum Gasteiger partial charge on any atom is -0.460 e. The van der Waals surface area contributed by atoms with Gasteiger partial charge >= 0.3 is 11.9 Å². The van der Waals surface area contributed by atoms with E-state index in [0.29, 0.717) is 32.1 Å². The molecule has 14 nitrogen and oxygen atoms in total. The number of carbonyl (C=O) groups excluding carboxylic acids is 7. The summed E-state index contributed by atoms with van der Waals surface area (Å²) in [4.78, 5) is 101. The molecule has 3 N–H and O–H groups in total. The molecular formula is C43H63N5O9. The van der Waals surface area contributed by atoms with Gasteiger partial charge in [-0.25, -0.2) is 4.79 Å². The third kappa shape index (κ3) is 12.0. The second-order valence-corrected chi connectivity index (χ2v) is 16.5. The lowest BCUT2D eigenvalue weighted by Gasteiger charge is -2.37. The number of esters is 2. The van der Waals surface area contributed by atoms with Crippen LogP contribution in [-0.2, 0) is 49.5 Å². The van der Waals surface area contributed by atoms with Crippen molar-refractivity contribution in [3.05, 3.63) is 35.9 Å². The predicted octanol–water partition coefficient (Wildman–Crippen LogP) is 3.16. The maximum absolute atomic E-state index is 14.4. The standard InChI is InChI=1S/C43H63N5O9/c1-11-13-15-22-32-43(8,9)42(55)46-34(26(3)4)39(52)47(10)31(24-29-19-16-14-17-20-29)41(54)57-36(27(5)6)40(53)48-23-18-21-30(48)37(50)45-35(28(7)12-2)38(51)44-25-33(49)56-32/h1,14,16-17,19-20,26-28,30-32,34-36H,12-13,15,18,21-25H2,2-10H3,(H,44,51)(H,45,50)(H,46,55)/t28-,30+,31+,32-,34+,35+,36+/m1/s1. The second-order valence-electron chi connectivity index (χ2n) is 16.5. The number of amides is 5. The molecule has 3 rings (SSSR count). The van der Waals surface area contributed by atoms with E-state index >= 15 is 0 Å². The van der Waals surface area contributed by atoms with Crippen molar-refractivity contribution in [2.45, 2.75) is 137 Å². The number of fused-ring (bicyclic) bond motifs is 1. The Balaban J connectivity index is 2.14. The summed E-state index contributed by atoms with van der Waals surface area (Å²) in [5.41, 5.74) is -0.655. The van der Waals surface area contributed by atoms with E-state index in [1.54, 1.807) is 60.6 Å². The number of cyclic esters (lactones) is 2. The highest BCUT2D eigenvalue weighted by molar-refractivity contribution is 5.96. The minimum atomic E-state index is -1.38. The molecule has 314 valence electrons. The molecule has 2 saturated heterocycles. The van der Waals surface area contributed by atoms with Gasteiger partial charge in [0.15, 0.2) is 6.10 Å². The molecule has 5 amide bonds. The number of hydrogen-bond donors (Lipinski definition) is 3. The highest BCUT2D eigenvalue weighted by Crippen LogP contribution is 2.30. The molecule has 2 heterocycles. The molecule has 2 fully saturated rings. The van der Waals surface area contributed by atoms with Crippen LogP contribution < -0.4 is 16.0 Å². The Kier molecular flexibility index (Phi) is 17.1. The van der Waals surface area contributed by atoms with Gasteiger partial charge in [0.05, 0.1) is 5.41 Å². The van der Waals surface area contributed by atoms with Crippen molar-refractivity contribution in [1.29, 1.82) is 0 Å². The average Bonchev–Trinajstić information content (AvgIpc) is 3.68. The summed E-state index contributed by atoms with van der Waals surface area (Å²) >= 11 is 0. The van der Waals surface area contributed by atoms with E-state index in [9.17, 15) is 33.6 Å². The van der Waals surface area contributed by atoms with E-state index in [2.05, 4.69) is 21.9 Å². The highest BCUT2D eigenvalue weighted by Gasteiger charge is 2.45. The second kappa shape index (κ2) is 21.0. The van der Waals surface area contributed by atoms with Crippen LogP contribution in [0.4, 0.5) is 0 Å². The van der Waals surface area contributed by atoms with Crippen molar-refractivity contribution < 1.29 is 43.0 Å². The molecule has 0 radical (unpaired) electrons. The van der Waals surface area contributed by atoms with E-state index in [0.717, 1.165) is 5.56 Å². The summed E-state index contributed by atoms with van der Waals surface area (Å²) in [7, 11) is 1.46. The normalized spacial score (nSPS) is 26.6. The molecule has 57 heavy (non-hydrogen) atoms. The number of terminal acetylenes is 1. The van der Waals surface area contributed by atoms with E-state index < -0.39 is 102 Å². The first-order valence-electron chi connectivity index (χ1n) is 20.2. The van der Waals surface area contributed by atoms with Gasteiger partial charge < -0.3 is 35.2 Å². The molecule has 0 saturated carbocycles. The van der Waals surface area contributed by atoms with Crippen LogP contribution in [0, 0.1) is 35.5 Å². The van der Waals surface area contributed by atoms with Gasteiger partial charge in [-0.15, -0.1) is 12.3 Å². The summed E-state index contributed by atoms with van der Waals surface area (Å²) < 4.78 is 11.9. The lowest BCUT2D eigenvalue weighted by Crippen LogP contribution is -2.59. The number of benzene rings is 1. The van der Waals surface area contributed by atoms with Crippen LogP contribution in [0.25, 0.3) is 0 Å². The Morgan fingerprint density at radius 3 is 2.16 bits per heavy atom. The molecular weight excluding hydrogens is 730 g/mol. The fourth-order valence-electron chi connectivity index (χ4n) is 7.10. The van der Waals surface area contributed by atoms with Gasteiger partial charge in [0.1, 0.15) is 36.8 Å². The van der Waals surface area contributed by atoms with E-state index in [1.165, 1.54) is 16.8 Å². The number of nitrogens with one attached hydrogen (secondary N) is 3. The number of ether oxygens (including phenoxy) is 2. The molecule has 1 aromatic rings. The van der Waals surface area contributed by atoms with Crippen LogP contribution in [0.3, 0.4) is 0 Å². The fourth-order valence-corrected chi connectivity index (χ4v) is 7.10. The predicted molar refractivity (Wildman–Crippen MR) is 214 cm³/mol. The number of hydrogen-bond acceptors (Lipinski definition) is 9. The van der Waals surface area contributed by atoms with Crippen molar-refractivity contribution in [1.82, 2.24) is 25.8 Å². The monoisotopic (exact) mass is 793 g/mol. The van der Waals surface area contributed by atoms with Gasteiger partial charge in [-0.1, -0.05) is 78.3 Å². The smallest absolute Gasteiger partial charge is 0.329 e. The third-order valence-corrected chi connectivity index (χ3v) is 11.2. The zero-order valence-corrected chi connectivity index (χ0v) is 35.1. The van der Waals surface area contributed by atoms with Crippen LogP contribution in [0.2, 0.25) is 0 Å². The maximum Gasteiger partial charge on any atom is 0.329 e. The molecule has 0 aliphatic carbocycles. The van der Waals surface area contributed by atoms with Crippen LogP contribution in [-0.4, -0.2) is 108 Å². The molecule has 0 unspecified atom stereocenters. The SMILES string of the molecule is C#CCCC[C@H]1OC(=O)CNC(=O)[C@H]([C@H](C)CC)NC(=O)[C@@H]2CCCN2C(=O)[C@H](C(C)C)OC(=O)[C@H](Cc2ccccc2)N(C)C(=O)[C@H](C(C)C)NC(=O)C1(C)C. The zero-order chi connectivity index (χ0) is 42.6. The minimum absolute atomic E-state index is 0.0478. The molecule has 0 bridgehead atoms. The largest absolute Gasteiger partial charge is 0.460 e. The number of rotatable bonds is 9. The number of unbranched alkanes of at least 4 members (excludes halogenated alkanes) is 1. The van der Waals surface area contributed by atoms with Crippen molar-refractivity contribution in [3.63, 3.8) is 0 Å². The van der Waals surface area contributed by atoms with Crippen molar-refractivity contribution in [2.75, 3.05) is 20.1 Å². The summed E-state index contributed by atoms with van der Waals surface area (Å²) in [6, 6.07) is 4.75. The van der Waals surface area contributed by atoms with Gasteiger partial charge in [0.2, 0.25) is 23.6 Å². The Hall–Kier alpha value is -4.93. The Morgan fingerprint density at radius 1 is 0.895 bits per heavy atom. The summed E-state index contributed by atoms with van der Waals surface area (Å²) in [6.45, 7) is 13.5. The first-order chi connectivity index (χ1) is 26.8. The summed E-state index contributed by atoms with van der Waals surface area (Å²) in [5.74, 6) is -3.27. The van der Waals surface area contributed by atoms with Gasteiger partial charge in [-0.05, 0) is 62.8 Å². The molecule has 14 heteroatoms. The van der Waals surface area contributed by atoms with Gasteiger partial charge in [-0.2, -0.15) is 0 Å². The summed E-state index contributed by atoms with van der Waals surface area (Å²) in [6.07, 6.45) is 5.60. The Morgan fingerprint density at radius 2 is 1.56 bits per heavy atom. The Bertz CT molecular complexity index is 1640. The fraction of sp³-hybridized carbons (Fsp3) is 0.651. The van der Waals surface area contributed by atoms with Gasteiger partial charge in [0, 0.05) is 26.4 Å². The topological polar surface area (TPSA) is 181 Å². The molecule has 7 atom stereocenters. The van der Waals surface area contributed by atoms with Crippen LogP contribution in [0.5, 0.6) is 0 Å². The Labute approximate surface area is 337 Å². The molecule has 0 aromatic heterocycles. The van der Waals surface area contributed by atoms with Crippen LogP contribution in [0.1, 0.15) is 99.5 Å². The van der Waals surface area contributed by atoms with Crippen molar-refractivity contribution in [3.8, 4) is 12.3 Å². The zero-order valence-electron chi connectivity index (χ0n) is 35.1. The van der Waals surface area contributed by atoms with Gasteiger partial charge in [-0.3, -0.25) is 28.8 Å². The first-order valence-corrected chi connectivity index (χ1v) is 20.2. The van der Waals surface area contributed by atoms with E-state index in [-0.39, 0.29) is 25.3 Å². The lowest BCUT2D eigenvalue weighted by atomic mass is 9.82. The quantitative estimate of drug-likeness (QED) is 0.192. The average molecular weight is 794 g/mol. The van der Waals surface area contributed by atoms with E-state index in [4.69, 9.17) is 15.9 Å². The molecule has 0 spiro atoms. The lowest BCUT2D eigenvalue weighted by molar-refractivity contribution is -0.170. The van der Waals surface area contributed by atoms with Crippen LogP contribution >= 0.6 is 0 Å². The van der Waals surface area contributed by atoms with Gasteiger partial charge in [0.25, 0.3) is 5.91 Å². The van der Waals surface area contributed by atoms with Crippen molar-refractivity contribution in [2.24, 2.45) is 23.2 Å². The maximum atomic E-state index is 14.4. The number of likely N-dealkylation sites (N-methyl/N-ethyl adjacent to an activating group) is 1. The third-order valence-electron chi connectivity index (χ3n) is 11.2. The summed E-state index contributed by atoms with van der Waals surface area (Å²) in [5, 5.41) is 8.27. The van der Waals surface area contributed by atoms with Crippen LogP contribution in [0.15, 0.2) is 30.3 Å². The molecule has 2 aliphatic heterocycles. The molecule has 1 aromatic carbocycles. The number of carbonyl (C=O) groups is 7.